The molecule has 3 rings (SSSR count). The van der Waals surface area contributed by atoms with E-state index in [4.69, 9.17) is 4.42 Å². The van der Waals surface area contributed by atoms with Gasteiger partial charge in [-0.1, -0.05) is 0 Å². The van der Waals surface area contributed by atoms with Crippen LogP contribution in [0.3, 0.4) is 0 Å². The topological polar surface area (TPSA) is 116 Å². The molecule has 1 amide bonds. The first-order valence-corrected chi connectivity index (χ1v) is 9.35. The average molecular weight is 368 g/mol. The molecule has 1 aromatic heterocycles. The number of nitrogens with one attached hydrogen (secondary N) is 2. The van der Waals surface area contributed by atoms with Crippen molar-refractivity contribution in [3.8, 4) is 0 Å². The quantitative estimate of drug-likeness (QED) is 0.756. The Morgan fingerprint density at radius 3 is 2.60 bits per heavy atom. The van der Waals surface area contributed by atoms with Crippen molar-refractivity contribution in [3.63, 3.8) is 0 Å². The van der Waals surface area contributed by atoms with Crippen molar-refractivity contribution < 1.29 is 17.6 Å². The van der Waals surface area contributed by atoms with Crippen molar-refractivity contribution in [1.29, 1.82) is 0 Å². The lowest BCUT2D eigenvalue weighted by molar-refractivity contribution is -0.125. The van der Waals surface area contributed by atoms with Crippen LogP contribution in [0.15, 0.2) is 32.3 Å². The minimum absolute atomic E-state index is 0.0920. The van der Waals surface area contributed by atoms with Gasteiger partial charge in [0.15, 0.2) is 5.58 Å². The van der Waals surface area contributed by atoms with Crippen LogP contribution >= 0.6 is 0 Å². The third-order valence-corrected chi connectivity index (χ3v) is 6.37. The fourth-order valence-corrected chi connectivity index (χ4v) is 4.40. The van der Waals surface area contributed by atoms with Gasteiger partial charge in [-0.25, -0.2) is 13.2 Å². The van der Waals surface area contributed by atoms with Gasteiger partial charge in [0.2, 0.25) is 15.9 Å². The van der Waals surface area contributed by atoms with Crippen LogP contribution in [-0.2, 0) is 14.8 Å². The Hall–Kier alpha value is -2.17. The fraction of sp³-hybridized carbons (Fsp3) is 0.467. The summed E-state index contributed by atoms with van der Waals surface area (Å²) >= 11 is 0. The summed E-state index contributed by atoms with van der Waals surface area (Å²) in [5, 5.41) is 2.60. The number of fused-ring (bicyclic) bond motifs is 1. The van der Waals surface area contributed by atoms with Crippen LogP contribution < -0.4 is 11.1 Å². The molecule has 2 heterocycles. The number of carbonyl (C=O) groups excluding carboxylic acids is 1. The number of benzene rings is 1. The van der Waals surface area contributed by atoms with Gasteiger partial charge in [-0.05, 0) is 25.1 Å². The van der Waals surface area contributed by atoms with Crippen LogP contribution in [0.2, 0.25) is 0 Å². The minimum Gasteiger partial charge on any atom is -0.408 e. The van der Waals surface area contributed by atoms with E-state index in [1.54, 1.807) is 14.0 Å². The number of H-pyrrole nitrogens is 1. The second-order valence-electron chi connectivity index (χ2n) is 5.90. The molecule has 1 atom stereocenters. The second-order valence-corrected chi connectivity index (χ2v) is 7.84. The molecule has 1 unspecified atom stereocenters. The molecule has 0 radical (unpaired) electrons. The predicted octanol–water partition coefficient (Wildman–Crippen LogP) is -0.438. The molecule has 1 fully saturated rings. The average Bonchev–Trinajstić information content (AvgIpc) is 2.99. The van der Waals surface area contributed by atoms with E-state index < -0.39 is 15.8 Å². The number of oxazole rings is 1. The van der Waals surface area contributed by atoms with E-state index in [2.05, 4.69) is 10.3 Å². The van der Waals surface area contributed by atoms with Crippen molar-refractivity contribution in [3.05, 3.63) is 28.7 Å². The van der Waals surface area contributed by atoms with Crippen molar-refractivity contribution in [2.75, 3.05) is 33.2 Å². The molecule has 1 saturated heterocycles. The number of hydrogen-bond acceptors (Lipinski definition) is 6. The molecule has 0 aliphatic carbocycles. The Morgan fingerprint density at radius 2 is 1.96 bits per heavy atom. The number of carbonyl (C=O) groups is 1. The van der Waals surface area contributed by atoms with Crippen LogP contribution in [0.1, 0.15) is 6.92 Å². The maximum absolute atomic E-state index is 12.8. The smallest absolute Gasteiger partial charge is 0.408 e. The highest BCUT2D eigenvalue weighted by molar-refractivity contribution is 7.89. The van der Waals surface area contributed by atoms with Gasteiger partial charge in [-0.15, -0.1) is 0 Å². The number of rotatable bonds is 4. The molecular formula is C15H20N4O5S. The first kappa shape index (κ1) is 17.6. The lowest BCUT2D eigenvalue weighted by atomic mass is 10.2. The Morgan fingerprint density at radius 1 is 1.28 bits per heavy atom. The van der Waals surface area contributed by atoms with Crippen molar-refractivity contribution in [1.82, 2.24) is 19.5 Å². The first-order chi connectivity index (χ1) is 11.8. The summed E-state index contributed by atoms with van der Waals surface area (Å²) in [6.07, 6.45) is 0. The van der Waals surface area contributed by atoms with E-state index in [0.717, 1.165) is 0 Å². The van der Waals surface area contributed by atoms with Gasteiger partial charge in [0.25, 0.3) is 0 Å². The van der Waals surface area contributed by atoms with E-state index in [9.17, 15) is 18.0 Å². The molecule has 25 heavy (non-hydrogen) atoms. The van der Waals surface area contributed by atoms with E-state index in [-0.39, 0.29) is 16.8 Å². The molecule has 0 spiro atoms. The molecule has 136 valence electrons. The van der Waals surface area contributed by atoms with Gasteiger partial charge in [0.05, 0.1) is 16.5 Å². The van der Waals surface area contributed by atoms with Gasteiger partial charge in [-0.2, -0.15) is 4.31 Å². The molecule has 1 aliphatic heterocycles. The monoisotopic (exact) mass is 368 g/mol. The van der Waals surface area contributed by atoms with Gasteiger partial charge in [0, 0.05) is 33.2 Å². The number of hydrogen-bond donors (Lipinski definition) is 2. The Labute approximate surface area is 144 Å². The number of piperazine rings is 1. The number of nitrogens with zero attached hydrogens (tertiary/aromatic N) is 2. The summed E-state index contributed by atoms with van der Waals surface area (Å²) in [5.41, 5.74) is 0.658. The number of likely N-dealkylation sites (N-methyl/N-ethyl adjacent to an activating group) is 1. The SMILES string of the molecule is CNC(=O)C(C)N1CCN(S(=O)(=O)c2ccc3oc(=O)[nH]c3c2)CC1. The highest BCUT2D eigenvalue weighted by atomic mass is 32.2. The molecule has 0 bridgehead atoms. The lowest BCUT2D eigenvalue weighted by Gasteiger charge is -2.36. The van der Waals surface area contributed by atoms with E-state index in [1.807, 2.05) is 4.90 Å². The van der Waals surface area contributed by atoms with Crippen LogP contribution in [-0.4, -0.2) is 67.8 Å². The third kappa shape index (κ3) is 3.32. The molecule has 1 aliphatic rings. The first-order valence-electron chi connectivity index (χ1n) is 7.91. The van der Waals surface area contributed by atoms with E-state index >= 15 is 0 Å². The second kappa shape index (κ2) is 6.62. The molecule has 9 nitrogen and oxygen atoms in total. The van der Waals surface area contributed by atoms with Crippen LogP contribution in [0.4, 0.5) is 0 Å². The predicted molar refractivity (Wildman–Crippen MR) is 90.7 cm³/mol. The molecule has 2 aromatic rings. The van der Waals surface area contributed by atoms with Crippen molar-refractivity contribution >= 4 is 27.0 Å². The van der Waals surface area contributed by atoms with E-state index in [0.29, 0.717) is 37.3 Å². The van der Waals surface area contributed by atoms with Gasteiger partial charge >= 0.3 is 5.76 Å². The summed E-state index contributed by atoms with van der Waals surface area (Å²) in [6.45, 7) is 3.33. The summed E-state index contributed by atoms with van der Waals surface area (Å²) < 4.78 is 31.9. The van der Waals surface area contributed by atoms with Crippen LogP contribution in [0.25, 0.3) is 11.1 Å². The zero-order chi connectivity index (χ0) is 18.2. The Bertz CT molecular complexity index is 940. The zero-order valence-electron chi connectivity index (χ0n) is 14.0. The summed E-state index contributed by atoms with van der Waals surface area (Å²) in [4.78, 5) is 27.4. The zero-order valence-corrected chi connectivity index (χ0v) is 14.8. The van der Waals surface area contributed by atoms with Gasteiger partial charge < -0.3 is 9.73 Å². The van der Waals surface area contributed by atoms with Crippen molar-refractivity contribution in [2.24, 2.45) is 0 Å². The molecule has 10 heteroatoms. The van der Waals surface area contributed by atoms with Crippen LogP contribution in [0.5, 0.6) is 0 Å². The number of sulfonamides is 1. The molecule has 2 N–H and O–H groups in total. The van der Waals surface area contributed by atoms with Gasteiger partial charge in [-0.3, -0.25) is 14.7 Å². The number of aromatic amines is 1. The summed E-state index contributed by atoms with van der Waals surface area (Å²) in [6, 6.07) is 3.98. The molecule has 0 saturated carbocycles. The third-order valence-electron chi connectivity index (χ3n) is 4.47. The van der Waals surface area contributed by atoms with E-state index in [1.165, 1.54) is 22.5 Å². The maximum Gasteiger partial charge on any atom is 0.417 e. The highest BCUT2D eigenvalue weighted by Crippen LogP contribution is 2.21. The highest BCUT2D eigenvalue weighted by Gasteiger charge is 2.31. The largest absolute Gasteiger partial charge is 0.417 e. The standard InChI is InChI=1S/C15H20N4O5S/c1-10(14(20)16-2)18-5-7-19(8-6-18)25(22,23)11-3-4-13-12(9-11)17-15(21)24-13/h3-4,9-10H,5-8H2,1-2H3,(H,16,20)(H,17,21). The molecule has 1 aromatic carbocycles. The number of aromatic nitrogens is 1. The van der Waals surface area contributed by atoms with Gasteiger partial charge in [0.1, 0.15) is 0 Å². The summed E-state index contributed by atoms with van der Waals surface area (Å²) in [7, 11) is -2.10. The lowest BCUT2D eigenvalue weighted by Crippen LogP contribution is -2.54. The Balaban J connectivity index is 1.77. The maximum atomic E-state index is 12.8. The van der Waals surface area contributed by atoms with Crippen LogP contribution in [0, 0.1) is 0 Å². The van der Waals surface area contributed by atoms with Crippen molar-refractivity contribution in [2.45, 2.75) is 17.9 Å². The fourth-order valence-electron chi connectivity index (χ4n) is 2.95. The minimum atomic E-state index is -3.68. The molecular weight excluding hydrogens is 348 g/mol. The normalized spacial score (nSPS) is 18.3. The Kier molecular flexibility index (Phi) is 4.67. The number of amides is 1. The summed E-state index contributed by atoms with van der Waals surface area (Å²) in [5.74, 6) is -0.716.